The van der Waals surface area contributed by atoms with E-state index in [1.54, 1.807) is 13.2 Å². The lowest BCUT2D eigenvalue weighted by Crippen LogP contribution is -2.02. The minimum absolute atomic E-state index is 0.295. The van der Waals surface area contributed by atoms with E-state index in [-0.39, 0.29) is 5.82 Å². The molecule has 0 bridgehead atoms. The lowest BCUT2D eigenvalue weighted by atomic mass is 10.0. The highest BCUT2D eigenvalue weighted by atomic mass is 79.9. The minimum Gasteiger partial charge on any atom is -0.496 e. The van der Waals surface area contributed by atoms with Gasteiger partial charge in [0.2, 0.25) is 0 Å². The second kappa shape index (κ2) is 7.01. The number of anilines is 1. The topological polar surface area (TPSA) is 33.6 Å². The molecular weight excluding hydrogens is 371 g/mol. The number of para-hydroxylation sites is 1. The molecule has 0 radical (unpaired) electrons. The second-order valence-corrected chi connectivity index (χ2v) is 6.10. The van der Waals surface area contributed by atoms with Crippen molar-refractivity contribution in [3.63, 3.8) is 0 Å². The molecule has 0 saturated heterocycles. The third kappa shape index (κ3) is 3.26. The predicted octanol–water partition coefficient (Wildman–Crippen LogP) is 5.59. The predicted molar refractivity (Wildman–Crippen MR) is 100 cm³/mol. The van der Waals surface area contributed by atoms with Crippen molar-refractivity contribution in [2.45, 2.75) is 6.92 Å². The first-order chi connectivity index (χ1) is 11.6. The maximum Gasteiger partial charge on any atom is 0.127 e. The van der Waals surface area contributed by atoms with E-state index in [2.05, 4.69) is 26.5 Å². The van der Waals surface area contributed by atoms with Crippen LogP contribution in [0.5, 0.6) is 5.75 Å². The number of fused-ring (bicyclic) bond motifs is 1. The highest BCUT2D eigenvalue weighted by Crippen LogP contribution is 2.35. The molecule has 0 amide bonds. The number of hydrogen-bond donors (Lipinski definition) is 1. The van der Waals surface area contributed by atoms with Gasteiger partial charge in [0.25, 0.3) is 0 Å². The Hall–Kier alpha value is -2.40. The van der Waals surface area contributed by atoms with Crippen LogP contribution in [0.4, 0.5) is 10.1 Å². The molecule has 0 fully saturated rings. The molecule has 0 unspecified atom stereocenters. The lowest BCUT2D eigenvalue weighted by Gasteiger charge is -2.13. The van der Waals surface area contributed by atoms with E-state index < -0.39 is 0 Å². The smallest absolute Gasteiger partial charge is 0.127 e. The summed E-state index contributed by atoms with van der Waals surface area (Å²) in [7, 11) is 1.58. The highest BCUT2D eigenvalue weighted by Gasteiger charge is 2.13. The minimum atomic E-state index is -0.295. The van der Waals surface area contributed by atoms with Crippen molar-refractivity contribution in [2.24, 2.45) is 5.10 Å². The van der Waals surface area contributed by atoms with E-state index in [1.165, 1.54) is 12.1 Å². The standard InChI is InChI=1S/C19H16BrFN2O/c1-12(22-23-14-6-4-3-5-7-14)16-11-18(24-2)17-10-13(21)8-9-15(17)19(16)20/h3-11,23H,1-2H3. The van der Waals surface area contributed by atoms with Gasteiger partial charge in [-0.3, -0.25) is 5.43 Å². The maximum absolute atomic E-state index is 13.5. The number of benzene rings is 3. The largest absolute Gasteiger partial charge is 0.496 e. The number of methoxy groups -OCH3 is 1. The summed E-state index contributed by atoms with van der Waals surface area (Å²) in [5.41, 5.74) is 5.61. The molecule has 0 aliphatic carbocycles. The van der Waals surface area contributed by atoms with E-state index in [9.17, 15) is 4.39 Å². The Morgan fingerprint density at radius 3 is 2.54 bits per heavy atom. The molecule has 0 saturated carbocycles. The van der Waals surface area contributed by atoms with Crippen molar-refractivity contribution in [1.29, 1.82) is 0 Å². The van der Waals surface area contributed by atoms with Crippen LogP contribution >= 0.6 is 15.9 Å². The van der Waals surface area contributed by atoms with Crippen LogP contribution in [0.15, 0.2) is 64.2 Å². The van der Waals surface area contributed by atoms with E-state index in [1.807, 2.05) is 43.3 Å². The van der Waals surface area contributed by atoms with Gasteiger partial charge in [0.05, 0.1) is 18.5 Å². The Morgan fingerprint density at radius 2 is 1.83 bits per heavy atom. The van der Waals surface area contributed by atoms with E-state index in [0.29, 0.717) is 5.75 Å². The van der Waals surface area contributed by atoms with Crippen LogP contribution < -0.4 is 10.2 Å². The van der Waals surface area contributed by atoms with Crippen molar-refractivity contribution < 1.29 is 9.13 Å². The molecule has 24 heavy (non-hydrogen) atoms. The molecule has 0 aliphatic heterocycles. The molecule has 3 rings (SSSR count). The summed E-state index contributed by atoms with van der Waals surface area (Å²) in [6, 6.07) is 16.2. The van der Waals surface area contributed by atoms with Crippen LogP contribution in [0.25, 0.3) is 10.8 Å². The summed E-state index contributed by atoms with van der Waals surface area (Å²) < 4.78 is 19.8. The van der Waals surface area contributed by atoms with Gasteiger partial charge in [0, 0.05) is 20.8 Å². The van der Waals surface area contributed by atoms with Gasteiger partial charge in [-0.2, -0.15) is 5.10 Å². The average molecular weight is 387 g/mol. The summed E-state index contributed by atoms with van der Waals surface area (Å²) in [5, 5.41) is 6.03. The first-order valence-electron chi connectivity index (χ1n) is 7.41. The zero-order valence-electron chi connectivity index (χ0n) is 13.3. The van der Waals surface area contributed by atoms with Crippen molar-refractivity contribution >= 4 is 38.1 Å². The monoisotopic (exact) mass is 386 g/mol. The Labute approximate surface area is 148 Å². The molecule has 5 heteroatoms. The first kappa shape index (κ1) is 16.5. The molecule has 0 aromatic heterocycles. The molecule has 1 N–H and O–H groups in total. The Morgan fingerprint density at radius 1 is 1.08 bits per heavy atom. The van der Waals surface area contributed by atoms with Crippen LogP contribution in [0.1, 0.15) is 12.5 Å². The summed E-state index contributed by atoms with van der Waals surface area (Å²) in [4.78, 5) is 0. The maximum atomic E-state index is 13.5. The molecule has 3 nitrogen and oxygen atoms in total. The quantitative estimate of drug-likeness (QED) is 0.468. The number of nitrogens with one attached hydrogen (secondary N) is 1. The summed E-state index contributed by atoms with van der Waals surface area (Å²) in [5.74, 6) is 0.313. The fourth-order valence-corrected chi connectivity index (χ4v) is 3.23. The van der Waals surface area contributed by atoms with Gasteiger partial charge < -0.3 is 4.74 Å². The van der Waals surface area contributed by atoms with Gasteiger partial charge in [-0.25, -0.2) is 4.39 Å². The summed E-state index contributed by atoms with van der Waals surface area (Å²) in [6.07, 6.45) is 0. The summed E-state index contributed by atoms with van der Waals surface area (Å²) in [6.45, 7) is 1.91. The van der Waals surface area contributed by atoms with Crippen LogP contribution in [0, 0.1) is 5.82 Å². The zero-order chi connectivity index (χ0) is 17.1. The van der Waals surface area contributed by atoms with E-state index in [4.69, 9.17) is 4.74 Å². The number of hydrazone groups is 1. The molecule has 0 heterocycles. The Balaban J connectivity index is 2.05. The van der Waals surface area contributed by atoms with Gasteiger partial charge >= 0.3 is 0 Å². The van der Waals surface area contributed by atoms with Crippen molar-refractivity contribution in [2.75, 3.05) is 12.5 Å². The molecular formula is C19H16BrFN2O. The van der Waals surface area contributed by atoms with Crippen LogP contribution in [0.3, 0.4) is 0 Å². The molecule has 0 atom stereocenters. The second-order valence-electron chi connectivity index (χ2n) is 5.31. The lowest BCUT2D eigenvalue weighted by molar-refractivity contribution is 0.419. The third-order valence-electron chi connectivity index (χ3n) is 3.73. The average Bonchev–Trinajstić information content (AvgIpc) is 2.61. The fraction of sp³-hybridized carbons (Fsp3) is 0.105. The van der Waals surface area contributed by atoms with Gasteiger partial charge in [0.15, 0.2) is 0 Å². The number of nitrogens with zero attached hydrogens (tertiary/aromatic N) is 1. The van der Waals surface area contributed by atoms with Crippen LogP contribution in [-0.2, 0) is 0 Å². The molecule has 3 aromatic carbocycles. The number of hydrogen-bond acceptors (Lipinski definition) is 3. The van der Waals surface area contributed by atoms with Gasteiger partial charge in [-0.05, 0) is 53.2 Å². The number of halogens is 2. The van der Waals surface area contributed by atoms with Gasteiger partial charge in [-0.15, -0.1) is 0 Å². The fourth-order valence-electron chi connectivity index (χ4n) is 2.48. The summed E-state index contributed by atoms with van der Waals surface area (Å²) >= 11 is 3.61. The number of rotatable bonds is 4. The molecule has 0 spiro atoms. The first-order valence-corrected chi connectivity index (χ1v) is 8.21. The highest BCUT2D eigenvalue weighted by molar-refractivity contribution is 9.10. The van der Waals surface area contributed by atoms with Crippen molar-refractivity contribution in [3.05, 3.63) is 70.5 Å². The Kier molecular flexibility index (Phi) is 4.81. The van der Waals surface area contributed by atoms with Crippen LogP contribution in [-0.4, -0.2) is 12.8 Å². The van der Waals surface area contributed by atoms with Crippen LogP contribution in [0.2, 0.25) is 0 Å². The third-order valence-corrected chi connectivity index (χ3v) is 4.59. The van der Waals surface area contributed by atoms with Gasteiger partial charge in [-0.1, -0.05) is 24.3 Å². The molecule has 3 aromatic rings. The Bertz CT molecular complexity index is 910. The van der Waals surface area contributed by atoms with Crippen molar-refractivity contribution in [3.8, 4) is 5.75 Å². The molecule has 122 valence electrons. The van der Waals surface area contributed by atoms with E-state index in [0.717, 1.165) is 32.2 Å². The molecule has 0 aliphatic rings. The van der Waals surface area contributed by atoms with Crippen molar-refractivity contribution in [1.82, 2.24) is 0 Å². The van der Waals surface area contributed by atoms with Gasteiger partial charge in [0.1, 0.15) is 11.6 Å². The normalized spacial score (nSPS) is 11.6. The zero-order valence-corrected chi connectivity index (χ0v) is 14.9. The van der Waals surface area contributed by atoms with E-state index >= 15 is 0 Å². The SMILES string of the molecule is COc1cc(C(C)=NNc2ccccc2)c(Br)c2ccc(F)cc12. The number of ether oxygens (including phenoxy) is 1.